The second-order valence-electron chi connectivity index (χ2n) is 5.50. The SMILES string of the molecule is CCCCCCCC(=CC(C)(C)C)C(=O)O. The summed E-state index contributed by atoms with van der Waals surface area (Å²) >= 11 is 0. The average molecular weight is 226 g/mol. The minimum Gasteiger partial charge on any atom is -0.478 e. The van der Waals surface area contributed by atoms with E-state index in [9.17, 15) is 4.79 Å². The summed E-state index contributed by atoms with van der Waals surface area (Å²) in [7, 11) is 0. The van der Waals surface area contributed by atoms with Gasteiger partial charge >= 0.3 is 5.97 Å². The number of unbranched alkanes of at least 4 members (excludes halogenated alkanes) is 4. The molecule has 0 aliphatic heterocycles. The number of hydrogen-bond acceptors (Lipinski definition) is 1. The normalized spacial score (nSPS) is 12.9. The van der Waals surface area contributed by atoms with E-state index in [1.54, 1.807) is 0 Å². The van der Waals surface area contributed by atoms with Crippen molar-refractivity contribution in [2.45, 2.75) is 66.2 Å². The summed E-state index contributed by atoms with van der Waals surface area (Å²) in [5.41, 5.74) is 0.529. The number of carboxylic acids is 1. The summed E-state index contributed by atoms with van der Waals surface area (Å²) in [6, 6.07) is 0. The van der Waals surface area contributed by atoms with Crippen molar-refractivity contribution in [2.24, 2.45) is 5.41 Å². The van der Waals surface area contributed by atoms with Crippen molar-refractivity contribution in [3.63, 3.8) is 0 Å². The molecule has 0 radical (unpaired) electrons. The fraction of sp³-hybridized carbons (Fsp3) is 0.786. The lowest BCUT2D eigenvalue weighted by atomic mass is 9.91. The zero-order valence-electron chi connectivity index (χ0n) is 11.2. The molecular formula is C14H26O2. The Kier molecular flexibility index (Phi) is 7.11. The molecule has 0 fully saturated rings. The van der Waals surface area contributed by atoms with Gasteiger partial charge in [0.1, 0.15) is 0 Å². The van der Waals surface area contributed by atoms with Crippen LogP contribution in [0.5, 0.6) is 0 Å². The Hall–Kier alpha value is -0.790. The van der Waals surface area contributed by atoms with Crippen LogP contribution in [0.2, 0.25) is 0 Å². The predicted octanol–water partition coefficient (Wildman–Crippen LogP) is 4.40. The van der Waals surface area contributed by atoms with Gasteiger partial charge in [-0.3, -0.25) is 0 Å². The summed E-state index contributed by atoms with van der Waals surface area (Å²) in [5, 5.41) is 9.07. The zero-order valence-corrected chi connectivity index (χ0v) is 11.2. The second kappa shape index (κ2) is 7.48. The highest BCUT2D eigenvalue weighted by atomic mass is 16.4. The van der Waals surface area contributed by atoms with Crippen LogP contribution in [0, 0.1) is 5.41 Å². The third-order valence-corrected chi connectivity index (χ3v) is 2.43. The molecule has 0 spiro atoms. The maximum Gasteiger partial charge on any atom is 0.331 e. The van der Waals surface area contributed by atoms with Crippen molar-refractivity contribution in [1.82, 2.24) is 0 Å². The first-order valence-electron chi connectivity index (χ1n) is 6.32. The van der Waals surface area contributed by atoms with E-state index in [1.807, 2.05) is 26.8 Å². The molecule has 0 rings (SSSR count). The Morgan fingerprint density at radius 1 is 1.12 bits per heavy atom. The van der Waals surface area contributed by atoms with Crippen LogP contribution in [-0.2, 0) is 4.79 Å². The average Bonchev–Trinajstić information content (AvgIpc) is 2.13. The number of aliphatic carboxylic acids is 1. The molecule has 2 heteroatoms. The Morgan fingerprint density at radius 3 is 2.12 bits per heavy atom. The zero-order chi connectivity index (χ0) is 12.6. The molecule has 0 saturated carbocycles. The summed E-state index contributed by atoms with van der Waals surface area (Å²) < 4.78 is 0. The van der Waals surface area contributed by atoms with Crippen LogP contribution < -0.4 is 0 Å². The molecule has 0 aromatic rings. The van der Waals surface area contributed by atoms with Gasteiger partial charge in [0, 0.05) is 5.57 Å². The van der Waals surface area contributed by atoms with E-state index < -0.39 is 5.97 Å². The summed E-state index contributed by atoms with van der Waals surface area (Å²) in [5.74, 6) is -0.759. The van der Waals surface area contributed by atoms with Crippen molar-refractivity contribution in [3.05, 3.63) is 11.6 Å². The minimum absolute atomic E-state index is 0.0445. The second-order valence-corrected chi connectivity index (χ2v) is 5.50. The summed E-state index contributed by atoms with van der Waals surface area (Å²) in [6.07, 6.45) is 8.43. The molecule has 0 amide bonds. The Bertz CT molecular complexity index is 234. The lowest BCUT2D eigenvalue weighted by molar-refractivity contribution is -0.132. The van der Waals surface area contributed by atoms with Gasteiger partial charge in [-0.05, 0) is 18.3 Å². The number of allylic oxidation sites excluding steroid dienone is 1. The van der Waals surface area contributed by atoms with E-state index in [-0.39, 0.29) is 5.41 Å². The fourth-order valence-corrected chi connectivity index (χ4v) is 1.68. The molecule has 0 heterocycles. The van der Waals surface area contributed by atoms with Gasteiger partial charge in [-0.25, -0.2) is 4.79 Å². The van der Waals surface area contributed by atoms with Crippen molar-refractivity contribution in [3.8, 4) is 0 Å². The highest BCUT2D eigenvalue weighted by Gasteiger charge is 2.13. The molecular weight excluding hydrogens is 200 g/mol. The predicted molar refractivity (Wildman–Crippen MR) is 68.5 cm³/mol. The van der Waals surface area contributed by atoms with Gasteiger partial charge in [-0.2, -0.15) is 0 Å². The number of carboxylic acid groups (broad SMARTS) is 1. The van der Waals surface area contributed by atoms with Crippen molar-refractivity contribution < 1.29 is 9.90 Å². The van der Waals surface area contributed by atoms with E-state index in [0.717, 1.165) is 12.8 Å². The van der Waals surface area contributed by atoms with Crippen molar-refractivity contribution >= 4 is 5.97 Å². The van der Waals surface area contributed by atoms with Crippen LogP contribution in [0.1, 0.15) is 66.2 Å². The number of rotatable bonds is 7. The molecule has 0 aromatic heterocycles. The van der Waals surface area contributed by atoms with Crippen molar-refractivity contribution in [2.75, 3.05) is 0 Å². The largest absolute Gasteiger partial charge is 0.478 e. The molecule has 2 nitrogen and oxygen atoms in total. The van der Waals surface area contributed by atoms with Gasteiger partial charge in [-0.1, -0.05) is 59.5 Å². The number of carbonyl (C=O) groups is 1. The molecule has 0 saturated heterocycles. The molecule has 1 N–H and O–H groups in total. The lowest BCUT2D eigenvalue weighted by Gasteiger charge is -2.14. The molecule has 0 atom stereocenters. The van der Waals surface area contributed by atoms with Crippen LogP contribution in [-0.4, -0.2) is 11.1 Å². The first-order chi connectivity index (χ1) is 7.37. The van der Waals surface area contributed by atoms with Crippen LogP contribution in [0.25, 0.3) is 0 Å². The van der Waals surface area contributed by atoms with Crippen LogP contribution in [0.3, 0.4) is 0 Å². The maximum atomic E-state index is 11.0. The molecule has 16 heavy (non-hydrogen) atoms. The fourth-order valence-electron chi connectivity index (χ4n) is 1.68. The quantitative estimate of drug-likeness (QED) is 0.516. The topological polar surface area (TPSA) is 37.3 Å². The van der Waals surface area contributed by atoms with Crippen molar-refractivity contribution in [1.29, 1.82) is 0 Å². The third kappa shape index (κ3) is 8.51. The minimum atomic E-state index is -0.759. The van der Waals surface area contributed by atoms with Gasteiger partial charge in [0.2, 0.25) is 0 Å². The van der Waals surface area contributed by atoms with E-state index in [1.165, 1.54) is 19.3 Å². The molecule has 94 valence electrons. The maximum absolute atomic E-state index is 11.0. The van der Waals surface area contributed by atoms with Gasteiger partial charge < -0.3 is 5.11 Å². The highest BCUT2D eigenvalue weighted by Crippen LogP contribution is 2.21. The van der Waals surface area contributed by atoms with Crippen LogP contribution in [0.15, 0.2) is 11.6 Å². The molecule has 0 bridgehead atoms. The monoisotopic (exact) mass is 226 g/mol. The Morgan fingerprint density at radius 2 is 1.69 bits per heavy atom. The first kappa shape index (κ1) is 15.2. The highest BCUT2D eigenvalue weighted by molar-refractivity contribution is 5.86. The van der Waals surface area contributed by atoms with Gasteiger partial charge in [0.05, 0.1) is 0 Å². The molecule has 0 aromatic carbocycles. The van der Waals surface area contributed by atoms with E-state index in [0.29, 0.717) is 12.0 Å². The summed E-state index contributed by atoms with van der Waals surface area (Å²) in [6.45, 7) is 8.29. The van der Waals surface area contributed by atoms with Crippen LogP contribution in [0.4, 0.5) is 0 Å². The van der Waals surface area contributed by atoms with E-state index >= 15 is 0 Å². The third-order valence-electron chi connectivity index (χ3n) is 2.43. The standard InChI is InChI=1S/C14H26O2/c1-5-6-7-8-9-10-12(13(15)16)11-14(2,3)4/h11H,5-10H2,1-4H3,(H,15,16). The van der Waals surface area contributed by atoms with Gasteiger partial charge in [-0.15, -0.1) is 0 Å². The van der Waals surface area contributed by atoms with E-state index in [2.05, 4.69) is 6.92 Å². The molecule has 0 unspecified atom stereocenters. The number of hydrogen-bond donors (Lipinski definition) is 1. The Balaban J connectivity index is 4.07. The van der Waals surface area contributed by atoms with Crippen LogP contribution >= 0.6 is 0 Å². The smallest absolute Gasteiger partial charge is 0.331 e. The molecule has 0 aliphatic carbocycles. The van der Waals surface area contributed by atoms with Gasteiger partial charge in [0.15, 0.2) is 0 Å². The van der Waals surface area contributed by atoms with E-state index in [4.69, 9.17) is 5.11 Å². The first-order valence-corrected chi connectivity index (χ1v) is 6.32. The van der Waals surface area contributed by atoms with Gasteiger partial charge in [0.25, 0.3) is 0 Å². The lowest BCUT2D eigenvalue weighted by Crippen LogP contribution is -2.08. The Labute approximate surface area is 99.7 Å². The molecule has 0 aliphatic rings. The summed E-state index contributed by atoms with van der Waals surface area (Å²) in [4.78, 5) is 11.0.